The Balaban J connectivity index is 2.18. The number of furan rings is 1. The SMILES string of the molecule is Cc1cc(C2COCCN2)c(C)o1. The Labute approximate surface area is 78.1 Å². The second-order valence-electron chi connectivity index (χ2n) is 3.45. The maximum absolute atomic E-state index is 5.47. The minimum absolute atomic E-state index is 0.311. The third kappa shape index (κ3) is 1.76. The van der Waals surface area contributed by atoms with Gasteiger partial charge in [0, 0.05) is 12.1 Å². The van der Waals surface area contributed by atoms with E-state index in [1.54, 1.807) is 0 Å². The number of ether oxygens (including phenoxy) is 1. The number of hydrogen-bond donors (Lipinski definition) is 1. The third-order valence-electron chi connectivity index (χ3n) is 2.38. The molecule has 1 aromatic rings. The van der Waals surface area contributed by atoms with Crippen LogP contribution in [0.5, 0.6) is 0 Å². The molecule has 0 aromatic carbocycles. The van der Waals surface area contributed by atoms with Gasteiger partial charge in [0.05, 0.1) is 19.3 Å². The van der Waals surface area contributed by atoms with E-state index in [1.165, 1.54) is 5.56 Å². The van der Waals surface area contributed by atoms with Crippen molar-refractivity contribution in [3.05, 3.63) is 23.2 Å². The quantitative estimate of drug-likeness (QED) is 0.714. The highest BCUT2D eigenvalue weighted by Crippen LogP contribution is 2.22. The van der Waals surface area contributed by atoms with Crippen LogP contribution in [0.2, 0.25) is 0 Å². The summed E-state index contributed by atoms with van der Waals surface area (Å²) in [6, 6.07) is 2.40. The van der Waals surface area contributed by atoms with Crippen LogP contribution in [0.25, 0.3) is 0 Å². The van der Waals surface area contributed by atoms with E-state index in [9.17, 15) is 0 Å². The summed E-state index contributed by atoms with van der Waals surface area (Å²) in [4.78, 5) is 0. The zero-order chi connectivity index (χ0) is 9.26. The van der Waals surface area contributed by atoms with Crippen molar-refractivity contribution in [1.82, 2.24) is 5.32 Å². The summed E-state index contributed by atoms with van der Waals surface area (Å²) in [5.41, 5.74) is 1.23. The predicted octanol–water partition coefficient (Wildman–Crippen LogP) is 1.56. The molecule has 1 aliphatic heterocycles. The summed E-state index contributed by atoms with van der Waals surface area (Å²) in [6.07, 6.45) is 0. The first-order valence-electron chi connectivity index (χ1n) is 4.65. The Hall–Kier alpha value is -0.800. The molecule has 72 valence electrons. The van der Waals surface area contributed by atoms with Gasteiger partial charge >= 0.3 is 0 Å². The van der Waals surface area contributed by atoms with Gasteiger partial charge in [-0.2, -0.15) is 0 Å². The van der Waals surface area contributed by atoms with E-state index in [2.05, 4.69) is 11.4 Å². The van der Waals surface area contributed by atoms with Crippen LogP contribution in [-0.4, -0.2) is 19.8 Å². The molecule has 2 rings (SSSR count). The first kappa shape index (κ1) is 8.78. The molecule has 0 spiro atoms. The normalized spacial score (nSPS) is 23.4. The molecule has 1 N–H and O–H groups in total. The van der Waals surface area contributed by atoms with Crippen molar-refractivity contribution < 1.29 is 9.15 Å². The first-order valence-corrected chi connectivity index (χ1v) is 4.65. The molecule has 0 aliphatic carbocycles. The van der Waals surface area contributed by atoms with Crippen molar-refractivity contribution in [2.24, 2.45) is 0 Å². The number of nitrogens with one attached hydrogen (secondary N) is 1. The zero-order valence-corrected chi connectivity index (χ0v) is 8.09. The van der Waals surface area contributed by atoms with Crippen molar-refractivity contribution >= 4 is 0 Å². The zero-order valence-electron chi connectivity index (χ0n) is 8.09. The monoisotopic (exact) mass is 181 g/mol. The van der Waals surface area contributed by atoms with E-state index >= 15 is 0 Å². The highest BCUT2D eigenvalue weighted by atomic mass is 16.5. The van der Waals surface area contributed by atoms with Gasteiger partial charge in [-0.25, -0.2) is 0 Å². The van der Waals surface area contributed by atoms with Crippen molar-refractivity contribution in [1.29, 1.82) is 0 Å². The van der Waals surface area contributed by atoms with Crippen LogP contribution in [-0.2, 0) is 4.74 Å². The fourth-order valence-electron chi connectivity index (χ4n) is 1.76. The number of hydrogen-bond acceptors (Lipinski definition) is 3. The Bertz CT molecular complexity index is 287. The maximum atomic E-state index is 5.47. The smallest absolute Gasteiger partial charge is 0.105 e. The lowest BCUT2D eigenvalue weighted by Crippen LogP contribution is -2.34. The average Bonchev–Trinajstić information content (AvgIpc) is 2.47. The van der Waals surface area contributed by atoms with E-state index in [4.69, 9.17) is 9.15 Å². The van der Waals surface area contributed by atoms with Crippen LogP contribution in [0.3, 0.4) is 0 Å². The molecule has 1 aromatic heterocycles. The number of aryl methyl sites for hydroxylation is 2. The molecule has 13 heavy (non-hydrogen) atoms. The molecule has 0 saturated carbocycles. The molecule has 3 nitrogen and oxygen atoms in total. The Morgan fingerprint density at radius 1 is 1.46 bits per heavy atom. The van der Waals surface area contributed by atoms with Gasteiger partial charge in [-0.3, -0.25) is 0 Å². The summed E-state index contributed by atoms with van der Waals surface area (Å²) >= 11 is 0. The summed E-state index contributed by atoms with van der Waals surface area (Å²) in [6.45, 7) is 6.46. The van der Waals surface area contributed by atoms with E-state index in [0.29, 0.717) is 6.04 Å². The largest absolute Gasteiger partial charge is 0.466 e. The van der Waals surface area contributed by atoms with Crippen LogP contribution < -0.4 is 5.32 Å². The van der Waals surface area contributed by atoms with E-state index in [1.807, 2.05) is 13.8 Å². The van der Waals surface area contributed by atoms with Gasteiger partial charge in [0.25, 0.3) is 0 Å². The second-order valence-corrected chi connectivity index (χ2v) is 3.45. The van der Waals surface area contributed by atoms with Gasteiger partial charge in [0.1, 0.15) is 11.5 Å². The minimum atomic E-state index is 0.311. The highest BCUT2D eigenvalue weighted by molar-refractivity contribution is 5.24. The van der Waals surface area contributed by atoms with Crippen LogP contribution >= 0.6 is 0 Å². The van der Waals surface area contributed by atoms with Crippen LogP contribution in [0.15, 0.2) is 10.5 Å². The lowest BCUT2D eigenvalue weighted by atomic mass is 10.1. The van der Waals surface area contributed by atoms with Gasteiger partial charge in [-0.1, -0.05) is 0 Å². The van der Waals surface area contributed by atoms with Crippen molar-refractivity contribution in [2.45, 2.75) is 19.9 Å². The summed E-state index contributed by atoms with van der Waals surface area (Å²) < 4.78 is 10.9. The van der Waals surface area contributed by atoms with Gasteiger partial charge in [-0.15, -0.1) is 0 Å². The molecule has 1 atom stereocenters. The van der Waals surface area contributed by atoms with Crippen molar-refractivity contribution in [2.75, 3.05) is 19.8 Å². The predicted molar refractivity (Wildman–Crippen MR) is 49.7 cm³/mol. The summed E-state index contributed by atoms with van der Waals surface area (Å²) in [5.74, 6) is 1.97. The number of morpholine rings is 1. The molecule has 3 heteroatoms. The average molecular weight is 181 g/mol. The maximum Gasteiger partial charge on any atom is 0.105 e. The molecule has 1 fully saturated rings. The number of rotatable bonds is 1. The minimum Gasteiger partial charge on any atom is -0.466 e. The lowest BCUT2D eigenvalue weighted by molar-refractivity contribution is 0.0764. The topological polar surface area (TPSA) is 34.4 Å². The molecule has 0 bridgehead atoms. The van der Waals surface area contributed by atoms with Crippen LogP contribution in [0.1, 0.15) is 23.1 Å². The molecule has 0 amide bonds. The molecule has 1 aliphatic rings. The highest BCUT2D eigenvalue weighted by Gasteiger charge is 2.19. The fourth-order valence-corrected chi connectivity index (χ4v) is 1.76. The van der Waals surface area contributed by atoms with Crippen LogP contribution in [0, 0.1) is 13.8 Å². The lowest BCUT2D eigenvalue weighted by Gasteiger charge is -2.23. The van der Waals surface area contributed by atoms with Gasteiger partial charge in [-0.05, 0) is 19.9 Å². The third-order valence-corrected chi connectivity index (χ3v) is 2.38. The van der Waals surface area contributed by atoms with E-state index < -0.39 is 0 Å². The molecular weight excluding hydrogens is 166 g/mol. The fraction of sp³-hybridized carbons (Fsp3) is 0.600. The Morgan fingerprint density at radius 2 is 2.31 bits per heavy atom. The van der Waals surface area contributed by atoms with Crippen LogP contribution in [0.4, 0.5) is 0 Å². The molecule has 2 heterocycles. The van der Waals surface area contributed by atoms with E-state index in [0.717, 1.165) is 31.3 Å². The first-order chi connectivity index (χ1) is 6.27. The Kier molecular flexibility index (Phi) is 2.38. The van der Waals surface area contributed by atoms with Crippen molar-refractivity contribution in [3.63, 3.8) is 0 Å². The van der Waals surface area contributed by atoms with Gasteiger partial charge in [0.15, 0.2) is 0 Å². The van der Waals surface area contributed by atoms with E-state index in [-0.39, 0.29) is 0 Å². The van der Waals surface area contributed by atoms with Gasteiger partial charge in [0.2, 0.25) is 0 Å². The summed E-state index contributed by atoms with van der Waals surface area (Å²) in [7, 11) is 0. The second kappa shape index (κ2) is 3.52. The standard InChI is InChI=1S/C10H15NO2/c1-7-5-9(8(2)13-7)10-6-12-4-3-11-10/h5,10-11H,3-4,6H2,1-2H3. The molecule has 1 unspecified atom stereocenters. The Morgan fingerprint density at radius 3 is 2.85 bits per heavy atom. The van der Waals surface area contributed by atoms with Gasteiger partial charge < -0.3 is 14.5 Å². The summed E-state index contributed by atoms with van der Waals surface area (Å²) in [5, 5.41) is 3.40. The molecule has 0 radical (unpaired) electrons. The molecule has 1 saturated heterocycles. The molecular formula is C10H15NO2. The van der Waals surface area contributed by atoms with Crippen molar-refractivity contribution in [3.8, 4) is 0 Å².